The van der Waals surface area contributed by atoms with Crippen LogP contribution >= 0.6 is 0 Å². The van der Waals surface area contributed by atoms with Crippen LogP contribution < -0.4 is 0 Å². The Kier molecular flexibility index (Phi) is 4.92. The molecule has 0 unspecified atom stereocenters. The first-order valence-electron chi connectivity index (χ1n) is 9.54. The Labute approximate surface area is 167 Å². The van der Waals surface area contributed by atoms with E-state index in [1.54, 1.807) is 22.6 Å². The number of hydrogen-bond donors (Lipinski definition) is 1. The zero-order valence-electron chi connectivity index (χ0n) is 16.3. The van der Waals surface area contributed by atoms with Gasteiger partial charge in [-0.2, -0.15) is 5.10 Å². The lowest BCUT2D eigenvalue weighted by Crippen LogP contribution is -2.39. The van der Waals surface area contributed by atoms with E-state index < -0.39 is 5.97 Å². The van der Waals surface area contributed by atoms with Gasteiger partial charge >= 0.3 is 5.97 Å². The predicted octanol–water partition coefficient (Wildman–Crippen LogP) is 3.33. The lowest BCUT2D eigenvalue weighted by Gasteiger charge is -2.32. The van der Waals surface area contributed by atoms with Crippen LogP contribution in [0.3, 0.4) is 0 Å². The highest BCUT2D eigenvalue weighted by Gasteiger charge is 2.28. The molecule has 150 valence electrons. The van der Waals surface area contributed by atoms with E-state index in [4.69, 9.17) is 4.52 Å². The van der Waals surface area contributed by atoms with E-state index in [2.05, 4.69) is 10.3 Å². The van der Waals surface area contributed by atoms with Gasteiger partial charge in [-0.25, -0.2) is 4.79 Å². The number of hydrogen-bond acceptors (Lipinski definition) is 5. The number of amides is 1. The molecule has 8 nitrogen and oxygen atoms in total. The number of likely N-dealkylation sites (tertiary alicyclic amines) is 1. The molecule has 0 aliphatic carbocycles. The van der Waals surface area contributed by atoms with Crippen LogP contribution in [0.2, 0.25) is 0 Å². The van der Waals surface area contributed by atoms with Crippen molar-refractivity contribution in [2.24, 2.45) is 0 Å². The van der Waals surface area contributed by atoms with Crippen molar-refractivity contribution in [2.45, 2.75) is 32.7 Å². The number of carbonyl (C=O) groups excluding carboxylic acids is 1. The molecule has 8 heteroatoms. The molecule has 3 heterocycles. The molecule has 4 rings (SSSR count). The first kappa shape index (κ1) is 18.9. The fourth-order valence-electron chi connectivity index (χ4n) is 3.71. The monoisotopic (exact) mass is 394 g/mol. The van der Waals surface area contributed by atoms with Crippen molar-refractivity contribution in [3.05, 3.63) is 59.1 Å². The number of benzene rings is 1. The molecular weight excluding hydrogens is 372 g/mol. The Bertz CT molecular complexity index is 1040. The van der Waals surface area contributed by atoms with Crippen LogP contribution in [0.25, 0.3) is 11.3 Å². The highest BCUT2D eigenvalue weighted by molar-refractivity contribution is 5.92. The number of aromatic nitrogens is 3. The zero-order chi connectivity index (χ0) is 20.5. The van der Waals surface area contributed by atoms with E-state index in [-0.39, 0.29) is 23.3 Å². The molecule has 1 saturated heterocycles. The maximum Gasteiger partial charge on any atom is 0.339 e. The number of nitrogens with zero attached hydrogens (tertiary/aromatic N) is 4. The number of carboxylic acids is 1. The van der Waals surface area contributed by atoms with E-state index >= 15 is 0 Å². The Morgan fingerprint density at radius 1 is 1.14 bits per heavy atom. The van der Waals surface area contributed by atoms with Gasteiger partial charge in [0.05, 0.1) is 17.9 Å². The number of carboxylic acid groups (broad SMARTS) is 1. The Hall–Kier alpha value is -3.42. The zero-order valence-corrected chi connectivity index (χ0v) is 16.3. The van der Waals surface area contributed by atoms with Gasteiger partial charge in [0.25, 0.3) is 5.91 Å². The highest BCUT2D eigenvalue weighted by Crippen LogP contribution is 2.26. The summed E-state index contributed by atoms with van der Waals surface area (Å²) in [4.78, 5) is 25.8. The molecule has 3 aromatic rings. The molecule has 1 amide bonds. The normalized spacial score (nSPS) is 14.9. The Balaban J connectivity index is 1.42. The smallest absolute Gasteiger partial charge is 0.339 e. The van der Waals surface area contributed by atoms with Crippen molar-refractivity contribution in [3.8, 4) is 11.3 Å². The molecule has 0 saturated carbocycles. The molecule has 0 bridgehead atoms. The molecule has 1 fully saturated rings. The van der Waals surface area contributed by atoms with Gasteiger partial charge in [0, 0.05) is 24.7 Å². The average Bonchev–Trinajstić information content (AvgIpc) is 3.35. The lowest BCUT2D eigenvalue weighted by atomic mass is 10.0. The van der Waals surface area contributed by atoms with Crippen LogP contribution in [0.4, 0.5) is 0 Å². The fourth-order valence-corrected chi connectivity index (χ4v) is 3.71. The minimum absolute atomic E-state index is 0.0741. The summed E-state index contributed by atoms with van der Waals surface area (Å²) >= 11 is 0. The summed E-state index contributed by atoms with van der Waals surface area (Å²) < 4.78 is 7.06. The van der Waals surface area contributed by atoms with Gasteiger partial charge in [0.1, 0.15) is 11.3 Å². The van der Waals surface area contributed by atoms with E-state index in [1.165, 1.54) is 6.20 Å². The number of aryl methyl sites for hydroxylation is 1. The lowest BCUT2D eigenvalue weighted by molar-refractivity contribution is 0.0647. The van der Waals surface area contributed by atoms with Crippen LogP contribution in [0.15, 0.2) is 41.1 Å². The quantitative estimate of drug-likeness (QED) is 0.728. The number of piperidine rings is 1. The van der Waals surface area contributed by atoms with Gasteiger partial charge in [-0.1, -0.05) is 35.0 Å². The van der Waals surface area contributed by atoms with Crippen LogP contribution in [0, 0.1) is 13.8 Å². The summed E-state index contributed by atoms with van der Waals surface area (Å²) in [7, 11) is 0. The van der Waals surface area contributed by atoms with Gasteiger partial charge in [0.15, 0.2) is 0 Å². The van der Waals surface area contributed by atoms with E-state index in [9.17, 15) is 14.7 Å². The van der Waals surface area contributed by atoms with Crippen molar-refractivity contribution in [2.75, 3.05) is 13.1 Å². The van der Waals surface area contributed by atoms with E-state index in [0.717, 1.165) is 11.1 Å². The molecule has 2 aromatic heterocycles. The van der Waals surface area contributed by atoms with Gasteiger partial charge in [0.2, 0.25) is 5.76 Å². The van der Waals surface area contributed by atoms with Crippen molar-refractivity contribution in [3.63, 3.8) is 0 Å². The molecule has 0 atom stereocenters. The summed E-state index contributed by atoms with van der Waals surface area (Å²) in [5.74, 6) is -0.934. The van der Waals surface area contributed by atoms with E-state index in [1.807, 2.05) is 31.2 Å². The molecular formula is C21H22N4O4. The molecule has 0 spiro atoms. The van der Waals surface area contributed by atoms with Gasteiger partial charge in [-0.15, -0.1) is 0 Å². The van der Waals surface area contributed by atoms with Crippen molar-refractivity contribution in [1.29, 1.82) is 0 Å². The minimum atomic E-state index is -0.976. The predicted molar refractivity (Wildman–Crippen MR) is 105 cm³/mol. The van der Waals surface area contributed by atoms with Gasteiger partial charge in [-0.05, 0) is 26.7 Å². The van der Waals surface area contributed by atoms with Crippen molar-refractivity contribution >= 4 is 11.9 Å². The molecule has 29 heavy (non-hydrogen) atoms. The van der Waals surface area contributed by atoms with Crippen molar-refractivity contribution in [1.82, 2.24) is 19.8 Å². The summed E-state index contributed by atoms with van der Waals surface area (Å²) in [5, 5.41) is 17.5. The summed E-state index contributed by atoms with van der Waals surface area (Å²) in [6, 6.07) is 9.63. The third-order valence-electron chi connectivity index (χ3n) is 5.44. The highest BCUT2D eigenvalue weighted by atomic mass is 16.5. The second-order valence-electron chi connectivity index (χ2n) is 7.36. The van der Waals surface area contributed by atoms with Crippen LogP contribution in [0.5, 0.6) is 0 Å². The summed E-state index contributed by atoms with van der Waals surface area (Å²) in [5.41, 5.74) is 3.55. The molecule has 1 aliphatic heterocycles. The largest absolute Gasteiger partial charge is 0.478 e. The van der Waals surface area contributed by atoms with Crippen LogP contribution in [-0.4, -0.2) is 49.9 Å². The Morgan fingerprint density at radius 2 is 1.83 bits per heavy atom. The number of rotatable bonds is 4. The molecule has 1 aromatic carbocycles. The number of carbonyl (C=O) groups is 2. The standard InChI is InChI=1S/C21H22N4O4/c1-13-3-5-15(6-4-13)18-11-19(29-23-18)20(26)24-9-7-16(8-10-24)25-14(2)17(12-22-25)21(27)28/h3-6,11-12,16H,7-10H2,1-2H3,(H,27,28). The fraction of sp³-hybridized carbons (Fsp3) is 0.333. The van der Waals surface area contributed by atoms with Gasteiger partial charge < -0.3 is 14.5 Å². The number of aromatic carboxylic acids is 1. The van der Waals surface area contributed by atoms with Crippen LogP contribution in [0.1, 0.15) is 51.1 Å². The molecule has 1 aliphatic rings. The first-order valence-corrected chi connectivity index (χ1v) is 9.54. The maximum atomic E-state index is 12.8. The van der Waals surface area contributed by atoms with Crippen molar-refractivity contribution < 1.29 is 19.2 Å². The second-order valence-corrected chi connectivity index (χ2v) is 7.36. The van der Waals surface area contributed by atoms with Gasteiger partial charge in [-0.3, -0.25) is 9.48 Å². The minimum Gasteiger partial charge on any atom is -0.478 e. The molecule has 1 N–H and O–H groups in total. The Morgan fingerprint density at radius 3 is 2.45 bits per heavy atom. The first-order chi connectivity index (χ1) is 13.9. The third-order valence-corrected chi connectivity index (χ3v) is 5.44. The topological polar surface area (TPSA) is 101 Å². The second kappa shape index (κ2) is 7.54. The third kappa shape index (κ3) is 3.65. The summed E-state index contributed by atoms with van der Waals surface area (Å²) in [6.45, 7) is 4.87. The maximum absolute atomic E-state index is 12.8. The summed E-state index contributed by atoms with van der Waals surface area (Å²) in [6.07, 6.45) is 2.79. The SMILES string of the molecule is Cc1ccc(-c2cc(C(=O)N3CCC(n4ncc(C(=O)O)c4C)CC3)on2)cc1. The molecule has 0 radical (unpaired) electrons. The van der Waals surface area contributed by atoms with Crippen LogP contribution in [-0.2, 0) is 0 Å². The van der Waals surface area contributed by atoms with E-state index in [0.29, 0.717) is 37.3 Å². The average molecular weight is 394 g/mol.